The summed E-state index contributed by atoms with van der Waals surface area (Å²) in [4.78, 5) is 0.120. The fourth-order valence-corrected chi connectivity index (χ4v) is 2.25. The second-order valence-electron chi connectivity index (χ2n) is 4.30. The smallest absolute Gasteiger partial charge is 0.238 e. The molecular weight excluding hydrogens is 264 g/mol. The lowest BCUT2D eigenvalue weighted by Gasteiger charge is -2.13. The molecular formula is C13H16N2O3S. The standard InChI is InChI=1S/C13H16N2O3S/c1-10(15-9-12-3-2-8-18-12)11-4-6-13(7-5-11)19(14,16)17/h2-8,10,15H,9H2,1H3,(H2,14,16,17). The average Bonchev–Trinajstić information content (AvgIpc) is 2.88. The molecule has 1 heterocycles. The quantitative estimate of drug-likeness (QED) is 0.874. The molecule has 0 amide bonds. The van der Waals surface area contributed by atoms with Crippen LogP contribution in [0.5, 0.6) is 0 Å². The molecule has 102 valence electrons. The van der Waals surface area contributed by atoms with Gasteiger partial charge in [-0.25, -0.2) is 13.6 Å². The van der Waals surface area contributed by atoms with Crippen LogP contribution in [0.1, 0.15) is 24.3 Å². The van der Waals surface area contributed by atoms with Crippen molar-refractivity contribution in [1.29, 1.82) is 0 Å². The highest BCUT2D eigenvalue weighted by molar-refractivity contribution is 7.89. The lowest BCUT2D eigenvalue weighted by molar-refractivity contribution is 0.460. The van der Waals surface area contributed by atoms with Crippen molar-refractivity contribution in [3.63, 3.8) is 0 Å². The van der Waals surface area contributed by atoms with Crippen LogP contribution in [0.15, 0.2) is 52.0 Å². The molecule has 6 heteroatoms. The summed E-state index contributed by atoms with van der Waals surface area (Å²) in [6.45, 7) is 2.61. The normalized spacial score (nSPS) is 13.4. The maximum absolute atomic E-state index is 11.1. The van der Waals surface area contributed by atoms with Crippen LogP contribution in [0.2, 0.25) is 0 Å². The topological polar surface area (TPSA) is 85.3 Å². The first kappa shape index (κ1) is 13.8. The van der Waals surface area contributed by atoms with Crippen LogP contribution in [-0.2, 0) is 16.6 Å². The molecule has 1 unspecified atom stereocenters. The number of nitrogens with two attached hydrogens (primary N) is 1. The number of nitrogens with one attached hydrogen (secondary N) is 1. The Hall–Kier alpha value is -1.63. The summed E-state index contributed by atoms with van der Waals surface area (Å²) in [7, 11) is -3.63. The van der Waals surface area contributed by atoms with E-state index in [1.54, 1.807) is 18.4 Å². The predicted octanol–water partition coefficient (Wildman–Crippen LogP) is 1.78. The van der Waals surface area contributed by atoms with Crippen molar-refractivity contribution in [2.75, 3.05) is 0 Å². The van der Waals surface area contributed by atoms with Crippen LogP contribution in [0.4, 0.5) is 0 Å². The molecule has 0 spiro atoms. The van der Waals surface area contributed by atoms with Crippen LogP contribution < -0.4 is 10.5 Å². The van der Waals surface area contributed by atoms with Gasteiger partial charge in [-0.05, 0) is 36.8 Å². The second kappa shape index (κ2) is 5.56. The molecule has 1 atom stereocenters. The highest BCUT2D eigenvalue weighted by Crippen LogP contribution is 2.16. The fraction of sp³-hybridized carbons (Fsp3) is 0.231. The maximum Gasteiger partial charge on any atom is 0.238 e. The van der Waals surface area contributed by atoms with E-state index in [2.05, 4.69) is 5.32 Å². The molecule has 1 aromatic heterocycles. The molecule has 2 aromatic rings. The van der Waals surface area contributed by atoms with Crippen molar-refractivity contribution in [1.82, 2.24) is 5.32 Å². The van der Waals surface area contributed by atoms with E-state index < -0.39 is 10.0 Å². The van der Waals surface area contributed by atoms with Gasteiger partial charge in [-0.15, -0.1) is 0 Å². The van der Waals surface area contributed by atoms with E-state index in [0.717, 1.165) is 11.3 Å². The Bertz CT molecular complexity index is 618. The molecule has 0 aliphatic heterocycles. The second-order valence-corrected chi connectivity index (χ2v) is 5.86. The number of sulfonamides is 1. The zero-order chi connectivity index (χ0) is 13.9. The number of benzene rings is 1. The molecule has 2 rings (SSSR count). The molecule has 19 heavy (non-hydrogen) atoms. The van der Waals surface area contributed by atoms with Gasteiger partial charge in [-0.2, -0.15) is 0 Å². The monoisotopic (exact) mass is 280 g/mol. The first-order valence-electron chi connectivity index (χ1n) is 5.85. The Kier molecular flexibility index (Phi) is 4.04. The average molecular weight is 280 g/mol. The van der Waals surface area contributed by atoms with Crippen molar-refractivity contribution >= 4 is 10.0 Å². The summed E-state index contributed by atoms with van der Waals surface area (Å²) in [5.74, 6) is 0.855. The largest absolute Gasteiger partial charge is 0.468 e. The van der Waals surface area contributed by atoms with Crippen LogP contribution in [-0.4, -0.2) is 8.42 Å². The van der Waals surface area contributed by atoms with Gasteiger partial charge >= 0.3 is 0 Å². The lowest BCUT2D eigenvalue weighted by atomic mass is 10.1. The number of primary sulfonamides is 1. The molecule has 0 saturated carbocycles. The Morgan fingerprint density at radius 1 is 1.26 bits per heavy atom. The molecule has 0 aliphatic rings. The minimum absolute atomic E-state index is 0.0830. The highest BCUT2D eigenvalue weighted by Gasteiger charge is 2.10. The van der Waals surface area contributed by atoms with Gasteiger partial charge in [0.15, 0.2) is 0 Å². The first-order chi connectivity index (χ1) is 8.97. The van der Waals surface area contributed by atoms with Gasteiger partial charge in [-0.1, -0.05) is 12.1 Å². The SMILES string of the molecule is CC(NCc1ccco1)c1ccc(S(N)(=O)=O)cc1. The zero-order valence-electron chi connectivity index (χ0n) is 10.5. The van der Waals surface area contributed by atoms with Gasteiger partial charge in [0.2, 0.25) is 10.0 Å². The maximum atomic E-state index is 11.1. The summed E-state index contributed by atoms with van der Waals surface area (Å²) < 4.78 is 27.5. The fourth-order valence-electron chi connectivity index (χ4n) is 1.73. The summed E-state index contributed by atoms with van der Waals surface area (Å²) in [6, 6.07) is 10.3. The van der Waals surface area contributed by atoms with Crippen molar-refractivity contribution in [3.05, 3.63) is 54.0 Å². The van der Waals surface area contributed by atoms with Gasteiger partial charge < -0.3 is 9.73 Å². The van der Waals surface area contributed by atoms with E-state index in [9.17, 15) is 8.42 Å². The third-order valence-electron chi connectivity index (χ3n) is 2.87. The van der Waals surface area contributed by atoms with Crippen LogP contribution in [0, 0.1) is 0 Å². The van der Waals surface area contributed by atoms with Gasteiger partial charge in [0, 0.05) is 6.04 Å². The van der Waals surface area contributed by atoms with Crippen molar-refractivity contribution in [3.8, 4) is 0 Å². The van der Waals surface area contributed by atoms with E-state index in [-0.39, 0.29) is 10.9 Å². The minimum Gasteiger partial charge on any atom is -0.468 e. The number of rotatable bonds is 5. The Morgan fingerprint density at radius 3 is 2.47 bits per heavy atom. The van der Waals surface area contributed by atoms with E-state index in [1.807, 2.05) is 19.1 Å². The summed E-state index contributed by atoms with van der Waals surface area (Å²) in [5, 5.41) is 8.34. The molecule has 1 aromatic carbocycles. The highest BCUT2D eigenvalue weighted by atomic mass is 32.2. The summed E-state index contributed by atoms with van der Waals surface area (Å²) in [6.07, 6.45) is 1.63. The zero-order valence-corrected chi connectivity index (χ0v) is 11.4. The number of hydrogen-bond acceptors (Lipinski definition) is 4. The third kappa shape index (κ3) is 3.66. The van der Waals surface area contributed by atoms with E-state index in [1.165, 1.54) is 12.1 Å². The lowest BCUT2D eigenvalue weighted by Crippen LogP contribution is -2.18. The van der Waals surface area contributed by atoms with Gasteiger partial charge in [0.05, 0.1) is 17.7 Å². The van der Waals surface area contributed by atoms with E-state index >= 15 is 0 Å². The molecule has 0 radical (unpaired) electrons. The predicted molar refractivity (Wildman–Crippen MR) is 71.8 cm³/mol. The van der Waals surface area contributed by atoms with Gasteiger partial charge in [0.1, 0.15) is 5.76 Å². The molecule has 5 nitrogen and oxygen atoms in total. The van der Waals surface area contributed by atoms with Crippen molar-refractivity contribution in [2.24, 2.45) is 5.14 Å². The van der Waals surface area contributed by atoms with Crippen LogP contribution in [0.25, 0.3) is 0 Å². The molecule has 0 fully saturated rings. The number of furan rings is 1. The molecule has 3 N–H and O–H groups in total. The summed E-state index contributed by atoms with van der Waals surface area (Å²) in [5.41, 5.74) is 0.985. The third-order valence-corrected chi connectivity index (χ3v) is 3.80. The van der Waals surface area contributed by atoms with Crippen LogP contribution >= 0.6 is 0 Å². The van der Waals surface area contributed by atoms with Gasteiger partial charge in [0.25, 0.3) is 0 Å². The van der Waals surface area contributed by atoms with Crippen LogP contribution in [0.3, 0.4) is 0 Å². The Morgan fingerprint density at radius 2 is 1.95 bits per heavy atom. The summed E-state index contributed by atoms with van der Waals surface area (Å²) >= 11 is 0. The molecule has 0 saturated heterocycles. The van der Waals surface area contributed by atoms with Gasteiger partial charge in [-0.3, -0.25) is 0 Å². The molecule has 0 bridgehead atoms. The van der Waals surface area contributed by atoms with E-state index in [0.29, 0.717) is 6.54 Å². The Balaban J connectivity index is 2.01. The van der Waals surface area contributed by atoms with Crippen molar-refractivity contribution < 1.29 is 12.8 Å². The minimum atomic E-state index is -3.63. The van der Waals surface area contributed by atoms with Crippen molar-refractivity contribution in [2.45, 2.75) is 24.4 Å². The molecule has 0 aliphatic carbocycles. The first-order valence-corrected chi connectivity index (χ1v) is 7.40. The number of hydrogen-bond donors (Lipinski definition) is 2. The van der Waals surface area contributed by atoms with E-state index in [4.69, 9.17) is 9.56 Å². The Labute approximate surface area is 112 Å².